The molecule has 0 aliphatic rings. The molecular weight excluding hydrogens is 1430 g/mol. The van der Waals surface area contributed by atoms with Crippen LogP contribution in [-0.4, -0.2) is 91.6 Å². The van der Waals surface area contributed by atoms with Crippen LogP contribution in [0.3, 0.4) is 0 Å². The minimum absolute atomic E-state index is 0. The molecule has 8 rings (SSSR count). The normalized spacial score (nSPS) is 11.3. The molecule has 0 spiro atoms. The SMILES string of the molecule is Nc1nc(Cl)nc(Nc2cc(S(=O)(=O)[O-])cc3cc(S(=O)(=O)[O-])c(N=Nc4cc([N+](=O)[O-])ccc4[O-])c([O-])c23)n1.Nc1nc(Cl)nc(Nc2cc(S(=O)(=O)[O-])cc3cc(S(=O)(=O)[O-])c(N=Nc4cc([O-])ccc4[N+](=O)[O-])c([O-])c23)n1.[Cr+3].[K+].[K+].[K+].[K+].[Na+]. The number of anilines is 6. The minimum Gasteiger partial charge on any atom is -0.872 e. The van der Waals surface area contributed by atoms with Gasteiger partial charge in [-0.3, -0.25) is 20.2 Å². The molecule has 8 aromatic rings. The first-order valence-electron chi connectivity index (χ1n) is 20.2. The van der Waals surface area contributed by atoms with Crippen LogP contribution in [0.4, 0.5) is 69.3 Å². The van der Waals surface area contributed by atoms with Gasteiger partial charge < -0.3 is 60.7 Å². The van der Waals surface area contributed by atoms with E-state index in [9.17, 15) is 92.5 Å². The summed E-state index contributed by atoms with van der Waals surface area (Å²) in [5.74, 6) is -6.03. The molecule has 0 saturated heterocycles. The monoisotopic (exact) mass is 1450 g/mol. The first-order chi connectivity index (χ1) is 37.1. The van der Waals surface area contributed by atoms with Gasteiger partial charge in [0.1, 0.15) is 40.5 Å². The molecule has 36 nitrogen and oxygen atoms in total. The minimum atomic E-state index is -5.53. The Labute approximate surface area is 694 Å². The number of halogens is 2. The summed E-state index contributed by atoms with van der Waals surface area (Å²) in [6.07, 6.45) is 0. The molecule has 2 heterocycles. The van der Waals surface area contributed by atoms with Crippen molar-refractivity contribution in [2.75, 3.05) is 22.1 Å². The largest absolute Gasteiger partial charge is 3.00 e. The molecule has 0 aliphatic carbocycles. The predicted octanol–water partition coefficient (Wildman–Crippen LogP) is -12.4. The summed E-state index contributed by atoms with van der Waals surface area (Å²) in [6.45, 7) is 0. The van der Waals surface area contributed by atoms with E-state index in [4.69, 9.17) is 34.7 Å². The van der Waals surface area contributed by atoms with Crippen LogP contribution < -0.4 is 278 Å². The average molecular weight is 1450 g/mol. The Morgan fingerprint density at radius 3 is 1.27 bits per heavy atom. The van der Waals surface area contributed by atoms with Gasteiger partial charge in [-0.25, -0.2) is 33.7 Å². The number of nitrogens with zero attached hydrogens (tertiary/aromatic N) is 12. The number of benzene rings is 6. The molecule has 0 fully saturated rings. The van der Waals surface area contributed by atoms with Gasteiger partial charge in [0.15, 0.2) is 5.69 Å². The van der Waals surface area contributed by atoms with Crippen LogP contribution in [0.1, 0.15) is 0 Å². The van der Waals surface area contributed by atoms with E-state index in [-0.39, 0.29) is 252 Å². The number of hydrogen-bond donors (Lipinski definition) is 4. The summed E-state index contributed by atoms with van der Waals surface area (Å²) in [5, 5.41) is 88.5. The fraction of sp³-hybridized carbons (Fsp3) is 0. The molecular formula is C38H18Cl2CrK4N16NaO20S4. The quantitative estimate of drug-likeness (QED) is 0.0258. The maximum atomic E-state index is 13.5. The Bertz CT molecular complexity index is 4510. The van der Waals surface area contributed by atoms with E-state index >= 15 is 0 Å². The molecule has 86 heavy (non-hydrogen) atoms. The van der Waals surface area contributed by atoms with E-state index in [1.165, 1.54) is 0 Å². The molecule has 48 heteroatoms. The van der Waals surface area contributed by atoms with Crippen molar-refractivity contribution in [2.24, 2.45) is 20.5 Å². The fourth-order valence-electron chi connectivity index (χ4n) is 6.67. The van der Waals surface area contributed by atoms with Gasteiger partial charge in [-0.15, -0.1) is 21.1 Å². The number of rotatable bonds is 14. The van der Waals surface area contributed by atoms with Crippen LogP contribution in [0.2, 0.25) is 10.6 Å². The van der Waals surface area contributed by atoms with Crippen LogP contribution >= 0.6 is 23.2 Å². The second kappa shape index (κ2) is 33.4. The van der Waals surface area contributed by atoms with Crippen molar-refractivity contribution < 1.29 is 335 Å². The van der Waals surface area contributed by atoms with Crippen molar-refractivity contribution in [2.45, 2.75) is 19.6 Å². The zero-order valence-electron chi connectivity index (χ0n) is 43.4. The summed E-state index contributed by atoms with van der Waals surface area (Å²) in [7, 11) is -21.5. The molecule has 1 radical (unpaired) electrons. The molecule has 2 aromatic heterocycles. The summed E-state index contributed by atoms with van der Waals surface area (Å²) in [6, 6.07) is 8.35. The van der Waals surface area contributed by atoms with Gasteiger partial charge in [0.05, 0.1) is 46.5 Å². The molecule has 0 atom stereocenters. The third kappa shape index (κ3) is 20.8. The van der Waals surface area contributed by atoms with Crippen molar-refractivity contribution in [3.8, 4) is 23.0 Å². The van der Waals surface area contributed by atoms with Crippen LogP contribution in [-0.2, 0) is 57.8 Å². The Morgan fingerprint density at radius 2 is 0.907 bits per heavy atom. The average Bonchev–Trinajstić information content (AvgIpc) is 1.23. The zero-order chi connectivity index (χ0) is 59.1. The maximum absolute atomic E-state index is 13.5. The molecule has 419 valence electrons. The van der Waals surface area contributed by atoms with Gasteiger partial charge in [0.2, 0.25) is 34.4 Å². The van der Waals surface area contributed by atoms with Crippen LogP contribution in [0.5, 0.6) is 23.0 Å². The fourth-order valence-corrected chi connectivity index (χ4v) is 9.35. The summed E-state index contributed by atoms with van der Waals surface area (Å²) >= 11 is 11.4. The number of non-ortho nitro benzene ring substituents is 1. The van der Waals surface area contributed by atoms with Crippen molar-refractivity contribution in [3.63, 3.8) is 0 Å². The second-order valence-electron chi connectivity index (χ2n) is 15.1. The smallest absolute Gasteiger partial charge is 0.872 e. The van der Waals surface area contributed by atoms with E-state index in [1.807, 2.05) is 0 Å². The Kier molecular flexibility index (Phi) is 32.1. The molecule has 0 aliphatic heterocycles. The number of nitro groups is 2. The number of azo groups is 2. The molecule has 6 N–H and O–H groups in total. The molecule has 0 amide bonds. The number of nitrogens with two attached hydrogens (primary N) is 2. The Balaban J connectivity index is 0.000000804. The summed E-state index contributed by atoms with van der Waals surface area (Å²) in [4.78, 5) is 37.8. The van der Waals surface area contributed by atoms with Crippen molar-refractivity contribution in [3.05, 3.63) is 104 Å². The molecule has 6 aromatic carbocycles. The van der Waals surface area contributed by atoms with Crippen LogP contribution in [0.15, 0.2) is 113 Å². The number of aromatic nitrogens is 6. The number of hydrogen-bond acceptors (Lipinski definition) is 34. The first-order valence-corrected chi connectivity index (χ1v) is 26.6. The number of nitro benzene ring substituents is 2. The van der Waals surface area contributed by atoms with E-state index in [2.05, 4.69) is 61.0 Å². The predicted molar refractivity (Wildman–Crippen MR) is 257 cm³/mol. The first kappa shape index (κ1) is 82.6. The molecule has 0 bridgehead atoms. The number of nitrogen functional groups attached to an aromatic ring is 2. The third-order valence-corrected chi connectivity index (χ3v) is 13.5. The van der Waals surface area contributed by atoms with Crippen molar-refractivity contribution in [1.29, 1.82) is 0 Å². The number of fused-ring (bicyclic) bond motifs is 2. The maximum Gasteiger partial charge on any atom is 3.00 e. The van der Waals surface area contributed by atoms with E-state index < -0.39 is 194 Å². The number of nitrogens with one attached hydrogen (secondary N) is 2. The zero-order valence-corrected chi connectivity index (χ0v) is 64.0. The second-order valence-corrected chi connectivity index (χ2v) is 21.2. The van der Waals surface area contributed by atoms with Gasteiger partial charge >= 0.3 is 252 Å². The summed E-state index contributed by atoms with van der Waals surface area (Å²) in [5.41, 5.74) is 5.03. The standard InChI is InChI=1S/2C19H13ClN8O10S2.Cr.4K.Na/c20-17-23-18(21)25-19(24-17)22-11-6-9(39(33,34)35)3-7-4-13(40(36,37)38)15(16(30)14(7)11)27-26-10-5-8(29)1-2-12(10)28(31)32;20-17-23-18(21)25-19(24-17)22-11-6-9(39(33,34)35)3-7-4-13(40(36,37)38)15(16(30)14(7)11)27-26-10-5-8(28(31)32)1-2-12(10)29;;;;;;/h2*1-6,29-30H,(H,33,34,35)(H,36,37,38)(H3,21,22,23,24,25);;;;;;/q;;+3;5*+1/p-8. The van der Waals surface area contributed by atoms with Crippen molar-refractivity contribution >= 4 is 155 Å². The molecule has 0 saturated carbocycles. The topological polar surface area (TPSA) is 610 Å². The Hall–Kier alpha value is -1.44. The third-order valence-electron chi connectivity index (χ3n) is 9.88. The summed E-state index contributed by atoms with van der Waals surface area (Å²) < 4.78 is 143. The van der Waals surface area contributed by atoms with Gasteiger partial charge in [-0.1, -0.05) is 29.4 Å². The van der Waals surface area contributed by atoms with E-state index in [1.54, 1.807) is 0 Å². The van der Waals surface area contributed by atoms with Crippen molar-refractivity contribution in [1.82, 2.24) is 29.9 Å². The van der Waals surface area contributed by atoms with Gasteiger partial charge in [-0.05, 0) is 87.2 Å². The molecule has 0 unspecified atom stereocenters. The van der Waals surface area contributed by atoms with E-state index in [0.717, 1.165) is 24.3 Å². The van der Waals surface area contributed by atoms with Gasteiger partial charge in [-0.2, -0.15) is 35.0 Å². The van der Waals surface area contributed by atoms with Crippen LogP contribution in [0.25, 0.3) is 21.5 Å². The Morgan fingerprint density at radius 1 is 0.500 bits per heavy atom. The van der Waals surface area contributed by atoms with Gasteiger partial charge in [0, 0.05) is 29.6 Å². The van der Waals surface area contributed by atoms with Crippen LogP contribution in [0, 0.1) is 20.2 Å². The van der Waals surface area contributed by atoms with E-state index in [0.29, 0.717) is 48.5 Å². The van der Waals surface area contributed by atoms with Gasteiger partial charge in [0.25, 0.3) is 11.4 Å².